The molecule has 0 aliphatic carbocycles. The molecule has 17 heavy (non-hydrogen) atoms. The number of carboxylic acid groups (broad SMARTS) is 1. The number of aromatic nitrogens is 1. The van der Waals surface area contributed by atoms with Crippen molar-refractivity contribution in [3.05, 3.63) is 17.2 Å². The summed E-state index contributed by atoms with van der Waals surface area (Å²) in [6.45, 7) is -0.472. The second-order valence-corrected chi connectivity index (χ2v) is 2.94. The van der Waals surface area contributed by atoms with Crippen LogP contribution in [0.4, 0.5) is 19.0 Å². The average Bonchev–Trinajstić information content (AvgIpc) is 2.14. The maximum absolute atomic E-state index is 12.0. The van der Waals surface area contributed by atoms with E-state index in [1.165, 1.54) is 0 Å². The van der Waals surface area contributed by atoms with Gasteiger partial charge in [0, 0.05) is 12.1 Å². The molecule has 0 saturated heterocycles. The minimum atomic E-state index is -5.00. The summed E-state index contributed by atoms with van der Waals surface area (Å²) in [4.78, 5) is 14.0. The molecule has 0 aliphatic rings. The van der Waals surface area contributed by atoms with Gasteiger partial charge in [-0.2, -0.15) is 4.98 Å². The predicted molar refractivity (Wildman–Crippen MR) is 50.2 cm³/mol. The molecular formula is C8H8F3N3O3. The van der Waals surface area contributed by atoms with Crippen LogP contribution in [0.15, 0.2) is 6.07 Å². The van der Waals surface area contributed by atoms with E-state index < -0.39 is 36.1 Å². The van der Waals surface area contributed by atoms with E-state index in [2.05, 4.69) is 9.72 Å². The van der Waals surface area contributed by atoms with Crippen molar-refractivity contribution < 1.29 is 27.8 Å². The van der Waals surface area contributed by atoms with Crippen molar-refractivity contribution in [3.8, 4) is 5.88 Å². The van der Waals surface area contributed by atoms with Gasteiger partial charge in [0.05, 0.1) is 5.56 Å². The second kappa shape index (κ2) is 4.45. The largest absolute Gasteiger partial charge is 0.574 e. The van der Waals surface area contributed by atoms with E-state index >= 15 is 0 Å². The highest BCUT2D eigenvalue weighted by Gasteiger charge is 2.34. The second-order valence-electron chi connectivity index (χ2n) is 2.94. The Labute approximate surface area is 93.0 Å². The van der Waals surface area contributed by atoms with E-state index in [1.54, 1.807) is 0 Å². The molecule has 0 saturated carbocycles. The molecule has 6 nitrogen and oxygen atoms in total. The topological polar surface area (TPSA) is 111 Å². The van der Waals surface area contributed by atoms with Gasteiger partial charge in [0.15, 0.2) is 0 Å². The Bertz CT molecular complexity index is 448. The van der Waals surface area contributed by atoms with Crippen LogP contribution in [0.3, 0.4) is 0 Å². The fourth-order valence-electron chi connectivity index (χ4n) is 1.15. The van der Waals surface area contributed by atoms with Crippen LogP contribution in [0.1, 0.15) is 15.9 Å². The van der Waals surface area contributed by atoms with Crippen LogP contribution in [-0.4, -0.2) is 22.4 Å². The Kier molecular flexibility index (Phi) is 3.42. The van der Waals surface area contributed by atoms with Crippen LogP contribution in [0.5, 0.6) is 5.88 Å². The minimum absolute atomic E-state index is 0.371. The van der Waals surface area contributed by atoms with Crippen LogP contribution in [0, 0.1) is 0 Å². The SMILES string of the molecule is NCc1c(C(=O)O)cc(N)nc1OC(F)(F)F. The van der Waals surface area contributed by atoms with Gasteiger partial charge in [0.25, 0.3) is 0 Å². The molecule has 0 amide bonds. The number of nitrogen functional groups attached to an aromatic ring is 1. The molecule has 1 heterocycles. The zero-order valence-electron chi connectivity index (χ0n) is 8.28. The van der Waals surface area contributed by atoms with E-state index in [-0.39, 0.29) is 5.56 Å². The van der Waals surface area contributed by atoms with Gasteiger partial charge in [-0.05, 0) is 6.07 Å². The number of carboxylic acids is 1. The molecule has 1 rings (SSSR count). The molecule has 1 aromatic heterocycles. The summed E-state index contributed by atoms with van der Waals surface area (Å²) in [5.41, 5.74) is 9.50. The number of hydrogen-bond acceptors (Lipinski definition) is 5. The van der Waals surface area contributed by atoms with Crippen molar-refractivity contribution in [2.45, 2.75) is 12.9 Å². The van der Waals surface area contributed by atoms with Crippen molar-refractivity contribution in [2.24, 2.45) is 5.73 Å². The minimum Gasteiger partial charge on any atom is -0.478 e. The third kappa shape index (κ3) is 3.21. The molecule has 0 fully saturated rings. The highest BCUT2D eigenvalue weighted by atomic mass is 19.4. The molecule has 0 aromatic carbocycles. The molecule has 0 radical (unpaired) electrons. The van der Waals surface area contributed by atoms with Crippen LogP contribution in [0.25, 0.3) is 0 Å². The molecular weight excluding hydrogens is 243 g/mol. The van der Waals surface area contributed by atoms with Crippen molar-refractivity contribution in [3.63, 3.8) is 0 Å². The van der Waals surface area contributed by atoms with Gasteiger partial charge in [-0.1, -0.05) is 0 Å². The predicted octanol–water partition coefficient (Wildman–Crippen LogP) is 0.719. The lowest BCUT2D eigenvalue weighted by Gasteiger charge is -2.13. The summed E-state index contributed by atoms with van der Waals surface area (Å²) >= 11 is 0. The number of carbonyl (C=O) groups is 1. The monoisotopic (exact) mass is 251 g/mol. The number of halogens is 3. The van der Waals surface area contributed by atoms with Gasteiger partial charge < -0.3 is 21.3 Å². The quantitative estimate of drug-likeness (QED) is 0.729. The first-order chi connectivity index (χ1) is 7.74. The first-order valence-electron chi connectivity index (χ1n) is 4.23. The Morgan fingerprint density at radius 3 is 2.53 bits per heavy atom. The van der Waals surface area contributed by atoms with E-state index in [4.69, 9.17) is 16.6 Å². The third-order valence-electron chi connectivity index (χ3n) is 1.75. The number of hydrogen-bond donors (Lipinski definition) is 3. The lowest BCUT2D eigenvalue weighted by molar-refractivity contribution is -0.276. The number of alkyl halides is 3. The molecule has 0 aliphatic heterocycles. The fraction of sp³-hybridized carbons (Fsp3) is 0.250. The number of ether oxygens (including phenoxy) is 1. The lowest BCUT2D eigenvalue weighted by Crippen LogP contribution is -2.21. The molecule has 0 atom stereocenters. The Morgan fingerprint density at radius 2 is 2.12 bits per heavy atom. The van der Waals surface area contributed by atoms with Gasteiger partial charge in [0.2, 0.25) is 5.88 Å². The molecule has 5 N–H and O–H groups in total. The van der Waals surface area contributed by atoms with Crippen LogP contribution in [-0.2, 0) is 6.54 Å². The summed E-state index contributed by atoms with van der Waals surface area (Å²) in [5.74, 6) is -2.82. The highest BCUT2D eigenvalue weighted by Crippen LogP contribution is 2.28. The standard InChI is InChI=1S/C8H8F3N3O3/c9-8(10,11)17-6-4(2-12)3(7(15)16)1-5(13)14-6/h1H,2,12H2,(H2,13,14)(H,15,16). The van der Waals surface area contributed by atoms with Crippen molar-refractivity contribution in [2.75, 3.05) is 5.73 Å². The van der Waals surface area contributed by atoms with Crippen LogP contribution >= 0.6 is 0 Å². The molecule has 0 bridgehead atoms. The number of nitrogens with two attached hydrogens (primary N) is 2. The summed E-state index contributed by atoms with van der Waals surface area (Å²) in [6, 6.07) is 0.910. The van der Waals surface area contributed by atoms with Crippen LogP contribution < -0.4 is 16.2 Å². The Balaban J connectivity index is 3.33. The summed E-state index contributed by atoms with van der Waals surface area (Å²) in [7, 11) is 0. The van der Waals surface area contributed by atoms with Crippen molar-refractivity contribution in [1.82, 2.24) is 4.98 Å². The van der Waals surface area contributed by atoms with Crippen molar-refractivity contribution in [1.29, 1.82) is 0 Å². The number of pyridine rings is 1. The van der Waals surface area contributed by atoms with Crippen molar-refractivity contribution >= 4 is 11.8 Å². The van der Waals surface area contributed by atoms with Gasteiger partial charge in [-0.25, -0.2) is 4.79 Å². The summed E-state index contributed by atoms with van der Waals surface area (Å²) in [5, 5.41) is 8.77. The molecule has 0 spiro atoms. The summed E-state index contributed by atoms with van der Waals surface area (Å²) < 4.78 is 39.7. The maximum Gasteiger partial charge on any atom is 0.574 e. The number of rotatable bonds is 3. The van der Waals surface area contributed by atoms with E-state index in [1.807, 2.05) is 0 Å². The maximum atomic E-state index is 12.0. The lowest BCUT2D eigenvalue weighted by atomic mass is 10.1. The zero-order chi connectivity index (χ0) is 13.2. The first kappa shape index (κ1) is 13.0. The normalized spacial score (nSPS) is 11.3. The smallest absolute Gasteiger partial charge is 0.478 e. The number of aromatic carboxylic acids is 1. The first-order valence-corrected chi connectivity index (χ1v) is 4.23. The van der Waals surface area contributed by atoms with Gasteiger partial charge in [-0.15, -0.1) is 13.2 Å². The Hall–Kier alpha value is -2.03. The Morgan fingerprint density at radius 1 is 1.53 bits per heavy atom. The van der Waals surface area contributed by atoms with Gasteiger partial charge in [-0.3, -0.25) is 0 Å². The molecule has 1 aromatic rings. The zero-order valence-corrected chi connectivity index (χ0v) is 8.28. The number of nitrogens with zero attached hydrogens (tertiary/aromatic N) is 1. The molecule has 0 unspecified atom stereocenters. The molecule has 9 heteroatoms. The van der Waals surface area contributed by atoms with E-state index in [0.717, 1.165) is 6.07 Å². The average molecular weight is 251 g/mol. The highest BCUT2D eigenvalue weighted by molar-refractivity contribution is 5.90. The van der Waals surface area contributed by atoms with Crippen LogP contribution in [0.2, 0.25) is 0 Å². The van der Waals surface area contributed by atoms with Gasteiger partial charge >= 0.3 is 12.3 Å². The summed E-state index contributed by atoms with van der Waals surface area (Å²) in [6.07, 6.45) is -5.00. The van der Waals surface area contributed by atoms with E-state index in [9.17, 15) is 18.0 Å². The number of anilines is 1. The molecule has 94 valence electrons. The van der Waals surface area contributed by atoms with Gasteiger partial charge in [0.1, 0.15) is 5.82 Å². The third-order valence-corrected chi connectivity index (χ3v) is 1.75. The van der Waals surface area contributed by atoms with E-state index in [0.29, 0.717) is 0 Å². The fourth-order valence-corrected chi connectivity index (χ4v) is 1.15.